The summed E-state index contributed by atoms with van der Waals surface area (Å²) >= 11 is 1.68. The molecule has 3 aromatic rings. The van der Waals surface area contributed by atoms with Crippen molar-refractivity contribution in [3.8, 4) is 0 Å². The molecule has 0 unspecified atom stereocenters. The van der Waals surface area contributed by atoms with E-state index >= 15 is 0 Å². The van der Waals surface area contributed by atoms with Gasteiger partial charge in [-0.05, 0) is 35.7 Å². The minimum Gasteiger partial charge on any atom is -0.465 e. The molecular formula is C16H15N3O2S. The lowest BCUT2D eigenvalue weighted by molar-refractivity contribution is 0.122. The Hall–Kier alpha value is -2.18. The molecule has 0 aromatic carbocycles. The summed E-state index contributed by atoms with van der Waals surface area (Å²) in [7, 11) is 0. The number of aromatic nitrogens is 2. The second-order valence-electron chi connectivity index (χ2n) is 4.99. The first-order valence-electron chi connectivity index (χ1n) is 7.20. The third kappa shape index (κ3) is 2.63. The van der Waals surface area contributed by atoms with Gasteiger partial charge in [0.1, 0.15) is 5.76 Å². The lowest BCUT2D eigenvalue weighted by Gasteiger charge is -2.28. The van der Waals surface area contributed by atoms with E-state index in [-0.39, 0.29) is 0 Å². The SMILES string of the molecule is C(=C\c1ccco1)/c1nc(N2CCOCC2)c2sccc2n1. The number of fused-ring (bicyclic) bond motifs is 1. The molecule has 0 spiro atoms. The van der Waals surface area contributed by atoms with Crippen LogP contribution in [-0.2, 0) is 4.74 Å². The summed E-state index contributed by atoms with van der Waals surface area (Å²) < 4.78 is 11.9. The fraction of sp³-hybridized carbons (Fsp3) is 0.250. The van der Waals surface area contributed by atoms with Gasteiger partial charge in [-0.3, -0.25) is 0 Å². The first-order valence-corrected chi connectivity index (χ1v) is 8.08. The highest BCUT2D eigenvalue weighted by molar-refractivity contribution is 7.17. The predicted octanol–water partition coefficient (Wildman–Crippen LogP) is 3.29. The lowest BCUT2D eigenvalue weighted by atomic mass is 10.3. The van der Waals surface area contributed by atoms with E-state index < -0.39 is 0 Å². The predicted molar refractivity (Wildman–Crippen MR) is 88.1 cm³/mol. The summed E-state index contributed by atoms with van der Waals surface area (Å²) in [5.41, 5.74) is 0.987. The highest BCUT2D eigenvalue weighted by Crippen LogP contribution is 2.29. The number of hydrogen-bond donors (Lipinski definition) is 0. The van der Waals surface area contributed by atoms with Crippen LogP contribution in [-0.4, -0.2) is 36.3 Å². The van der Waals surface area contributed by atoms with Crippen LogP contribution in [0.25, 0.3) is 22.4 Å². The topological polar surface area (TPSA) is 51.4 Å². The average Bonchev–Trinajstić information content (AvgIpc) is 3.24. The van der Waals surface area contributed by atoms with E-state index in [4.69, 9.17) is 14.1 Å². The molecule has 4 rings (SSSR count). The monoisotopic (exact) mass is 313 g/mol. The zero-order valence-corrected chi connectivity index (χ0v) is 12.8. The molecule has 3 aromatic heterocycles. The number of nitrogens with zero attached hydrogens (tertiary/aromatic N) is 3. The van der Waals surface area contributed by atoms with E-state index in [2.05, 4.69) is 15.3 Å². The fourth-order valence-corrected chi connectivity index (χ4v) is 3.32. The maximum atomic E-state index is 5.43. The molecule has 4 heterocycles. The van der Waals surface area contributed by atoms with Crippen LogP contribution in [0.15, 0.2) is 34.3 Å². The Labute approximate surface area is 131 Å². The molecule has 0 amide bonds. The van der Waals surface area contributed by atoms with Gasteiger partial charge in [0.25, 0.3) is 0 Å². The molecule has 0 aliphatic carbocycles. The normalized spacial score (nSPS) is 15.9. The van der Waals surface area contributed by atoms with Crippen molar-refractivity contribution in [3.63, 3.8) is 0 Å². The third-order valence-corrected chi connectivity index (χ3v) is 4.45. The van der Waals surface area contributed by atoms with Crippen molar-refractivity contribution in [1.82, 2.24) is 9.97 Å². The molecule has 6 heteroatoms. The summed E-state index contributed by atoms with van der Waals surface area (Å²) in [4.78, 5) is 11.6. The Kier molecular flexibility index (Phi) is 3.62. The largest absolute Gasteiger partial charge is 0.465 e. The molecule has 1 aliphatic rings. The van der Waals surface area contributed by atoms with Crippen LogP contribution in [0, 0.1) is 0 Å². The van der Waals surface area contributed by atoms with Crippen molar-refractivity contribution in [2.24, 2.45) is 0 Å². The van der Waals surface area contributed by atoms with E-state index in [1.165, 1.54) is 0 Å². The van der Waals surface area contributed by atoms with Gasteiger partial charge in [0, 0.05) is 13.1 Å². The van der Waals surface area contributed by atoms with Gasteiger partial charge in [-0.1, -0.05) is 0 Å². The Morgan fingerprint density at radius 3 is 2.86 bits per heavy atom. The van der Waals surface area contributed by atoms with Crippen molar-refractivity contribution in [2.75, 3.05) is 31.2 Å². The van der Waals surface area contributed by atoms with Gasteiger partial charge in [0.2, 0.25) is 0 Å². The molecule has 5 nitrogen and oxygen atoms in total. The second-order valence-corrected chi connectivity index (χ2v) is 5.90. The summed E-state index contributed by atoms with van der Waals surface area (Å²) in [6, 6.07) is 5.81. The average molecular weight is 313 g/mol. The Balaban J connectivity index is 1.73. The summed E-state index contributed by atoms with van der Waals surface area (Å²) in [6.45, 7) is 3.22. The summed E-state index contributed by atoms with van der Waals surface area (Å²) in [5, 5.41) is 2.06. The van der Waals surface area contributed by atoms with Crippen LogP contribution in [0.5, 0.6) is 0 Å². The third-order valence-electron chi connectivity index (χ3n) is 3.55. The van der Waals surface area contributed by atoms with Crippen LogP contribution in [0.4, 0.5) is 5.82 Å². The van der Waals surface area contributed by atoms with Gasteiger partial charge >= 0.3 is 0 Å². The number of anilines is 1. The first kappa shape index (κ1) is 13.5. The Bertz CT molecular complexity index is 789. The second kappa shape index (κ2) is 5.90. The van der Waals surface area contributed by atoms with Crippen molar-refractivity contribution in [3.05, 3.63) is 41.4 Å². The van der Waals surface area contributed by atoms with E-state index in [9.17, 15) is 0 Å². The van der Waals surface area contributed by atoms with Gasteiger partial charge in [-0.2, -0.15) is 0 Å². The number of rotatable bonds is 3. The van der Waals surface area contributed by atoms with Crippen molar-refractivity contribution in [1.29, 1.82) is 0 Å². The van der Waals surface area contributed by atoms with E-state index in [1.807, 2.05) is 30.4 Å². The van der Waals surface area contributed by atoms with Crippen molar-refractivity contribution in [2.45, 2.75) is 0 Å². The summed E-state index contributed by atoms with van der Waals surface area (Å²) in [5.74, 6) is 2.49. The molecule has 0 saturated carbocycles. The molecule has 112 valence electrons. The molecule has 22 heavy (non-hydrogen) atoms. The highest BCUT2D eigenvalue weighted by Gasteiger charge is 2.17. The quantitative estimate of drug-likeness (QED) is 0.742. The first-order chi connectivity index (χ1) is 10.9. The molecule has 1 aliphatic heterocycles. The standard InChI is InChI=1S/C16H15N3O2S/c1-2-12(21-8-1)3-4-14-17-13-5-11-22-15(13)16(18-14)19-6-9-20-10-7-19/h1-5,8,11H,6-7,9-10H2/b4-3+. The van der Waals surface area contributed by atoms with E-state index in [1.54, 1.807) is 17.6 Å². The van der Waals surface area contributed by atoms with Crippen molar-refractivity contribution < 1.29 is 9.15 Å². The molecule has 0 radical (unpaired) electrons. The molecular weight excluding hydrogens is 298 g/mol. The minimum atomic E-state index is 0.698. The maximum absolute atomic E-state index is 5.43. The molecule has 0 atom stereocenters. The molecule has 1 fully saturated rings. The van der Waals surface area contributed by atoms with Crippen LogP contribution >= 0.6 is 11.3 Å². The zero-order chi connectivity index (χ0) is 14.8. The van der Waals surface area contributed by atoms with Crippen LogP contribution in [0.3, 0.4) is 0 Å². The summed E-state index contributed by atoms with van der Waals surface area (Å²) in [6.07, 6.45) is 5.43. The number of ether oxygens (including phenoxy) is 1. The van der Waals surface area contributed by atoms with E-state index in [0.717, 1.165) is 48.1 Å². The zero-order valence-electron chi connectivity index (χ0n) is 11.9. The number of morpholine rings is 1. The number of thiophene rings is 1. The van der Waals surface area contributed by atoms with Crippen LogP contribution < -0.4 is 4.90 Å². The number of furan rings is 1. The van der Waals surface area contributed by atoms with Crippen LogP contribution in [0.2, 0.25) is 0 Å². The van der Waals surface area contributed by atoms with Gasteiger partial charge < -0.3 is 14.1 Å². The van der Waals surface area contributed by atoms with Gasteiger partial charge in [0.05, 0.1) is 29.7 Å². The lowest BCUT2D eigenvalue weighted by Crippen LogP contribution is -2.36. The highest BCUT2D eigenvalue weighted by atomic mass is 32.1. The molecule has 0 bridgehead atoms. The maximum Gasteiger partial charge on any atom is 0.155 e. The molecule has 1 saturated heterocycles. The van der Waals surface area contributed by atoms with Gasteiger partial charge in [-0.15, -0.1) is 11.3 Å². The molecule has 0 N–H and O–H groups in total. The van der Waals surface area contributed by atoms with Crippen molar-refractivity contribution >= 4 is 39.5 Å². The minimum absolute atomic E-state index is 0.698. The van der Waals surface area contributed by atoms with Crippen LogP contribution in [0.1, 0.15) is 11.6 Å². The van der Waals surface area contributed by atoms with Gasteiger partial charge in [0.15, 0.2) is 11.6 Å². The fourth-order valence-electron chi connectivity index (χ4n) is 2.47. The Morgan fingerprint density at radius 1 is 1.14 bits per heavy atom. The Morgan fingerprint density at radius 2 is 2.05 bits per heavy atom. The number of hydrogen-bond acceptors (Lipinski definition) is 6. The smallest absolute Gasteiger partial charge is 0.155 e. The van der Waals surface area contributed by atoms with E-state index in [0.29, 0.717) is 5.82 Å². The van der Waals surface area contributed by atoms with Gasteiger partial charge in [-0.25, -0.2) is 9.97 Å².